The number of hydrogen-bond acceptors (Lipinski definition) is 4. The number of nitrogens with two attached hydrogens (primary N) is 1. The molecule has 2 heterocycles. The molecule has 0 bridgehead atoms. The van der Waals surface area contributed by atoms with Gasteiger partial charge in [0, 0.05) is 37.0 Å². The standard InChI is InChI=1S/C20H29N3O3/c1-26-18-5-3-2-4-17(18)14-22-10-6-16(7-11-22)20(25)23-12-8-15(9-13-23)19(21)24/h2-5,15-16H,6-14H2,1H3,(H2,21,24). The highest BCUT2D eigenvalue weighted by atomic mass is 16.5. The van der Waals surface area contributed by atoms with Crippen molar-refractivity contribution in [1.82, 2.24) is 9.80 Å². The van der Waals surface area contributed by atoms with Gasteiger partial charge < -0.3 is 15.4 Å². The molecular weight excluding hydrogens is 330 g/mol. The van der Waals surface area contributed by atoms with Gasteiger partial charge in [0.25, 0.3) is 0 Å². The highest BCUT2D eigenvalue weighted by Crippen LogP contribution is 2.26. The number of amides is 2. The first-order valence-electron chi connectivity index (χ1n) is 9.51. The molecule has 2 saturated heterocycles. The van der Waals surface area contributed by atoms with Gasteiger partial charge >= 0.3 is 0 Å². The van der Waals surface area contributed by atoms with Crippen molar-refractivity contribution in [3.05, 3.63) is 29.8 Å². The predicted octanol–water partition coefficient (Wildman–Crippen LogP) is 1.63. The second-order valence-corrected chi connectivity index (χ2v) is 7.36. The molecule has 142 valence electrons. The molecule has 2 N–H and O–H groups in total. The summed E-state index contributed by atoms with van der Waals surface area (Å²) < 4.78 is 5.43. The molecule has 1 aromatic carbocycles. The molecule has 0 radical (unpaired) electrons. The Hall–Kier alpha value is -2.08. The van der Waals surface area contributed by atoms with Crippen LogP contribution in [0.4, 0.5) is 0 Å². The Labute approximate surface area is 155 Å². The first kappa shape index (κ1) is 18.7. The summed E-state index contributed by atoms with van der Waals surface area (Å²) >= 11 is 0. The minimum atomic E-state index is -0.234. The number of hydrogen-bond donors (Lipinski definition) is 1. The summed E-state index contributed by atoms with van der Waals surface area (Å²) in [6, 6.07) is 8.10. The van der Waals surface area contributed by atoms with Crippen LogP contribution >= 0.6 is 0 Å². The molecule has 2 fully saturated rings. The third kappa shape index (κ3) is 4.36. The number of para-hydroxylation sites is 1. The van der Waals surface area contributed by atoms with Crippen LogP contribution in [0.3, 0.4) is 0 Å². The van der Waals surface area contributed by atoms with Crippen molar-refractivity contribution in [2.45, 2.75) is 32.2 Å². The smallest absolute Gasteiger partial charge is 0.225 e. The maximum Gasteiger partial charge on any atom is 0.225 e. The second-order valence-electron chi connectivity index (χ2n) is 7.36. The van der Waals surface area contributed by atoms with Crippen LogP contribution in [-0.4, -0.2) is 54.9 Å². The number of likely N-dealkylation sites (tertiary alicyclic amines) is 2. The van der Waals surface area contributed by atoms with Crippen LogP contribution in [0, 0.1) is 11.8 Å². The molecule has 2 amide bonds. The maximum atomic E-state index is 12.8. The van der Waals surface area contributed by atoms with Gasteiger partial charge in [0.15, 0.2) is 0 Å². The number of ether oxygens (including phenoxy) is 1. The van der Waals surface area contributed by atoms with Crippen molar-refractivity contribution in [3.8, 4) is 5.75 Å². The summed E-state index contributed by atoms with van der Waals surface area (Å²) in [6.45, 7) is 4.02. The van der Waals surface area contributed by atoms with E-state index in [0.29, 0.717) is 25.9 Å². The molecule has 6 nitrogen and oxygen atoms in total. The van der Waals surface area contributed by atoms with Gasteiger partial charge in [-0.15, -0.1) is 0 Å². The second kappa shape index (κ2) is 8.54. The van der Waals surface area contributed by atoms with E-state index in [1.807, 2.05) is 23.1 Å². The van der Waals surface area contributed by atoms with Crippen molar-refractivity contribution < 1.29 is 14.3 Å². The molecule has 3 rings (SSSR count). The fourth-order valence-corrected chi connectivity index (χ4v) is 4.06. The van der Waals surface area contributed by atoms with E-state index in [1.54, 1.807) is 7.11 Å². The normalized spacial score (nSPS) is 20.1. The number of nitrogens with zero attached hydrogens (tertiary/aromatic N) is 2. The summed E-state index contributed by atoms with van der Waals surface area (Å²) in [5.41, 5.74) is 6.56. The van der Waals surface area contributed by atoms with Crippen molar-refractivity contribution in [2.24, 2.45) is 17.6 Å². The number of rotatable bonds is 5. The average Bonchev–Trinajstić information content (AvgIpc) is 2.68. The van der Waals surface area contributed by atoms with E-state index in [4.69, 9.17) is 10.5 Å². The van der Waals surface area contributed by atoms with Gasteiger partial charge in [0.05, 0.1) is 7.11 Å². The van der Waals surface area contributed by atoms with Gasteiger partial charge in [-0.3, -0.25) is 14.5 Å². The molecule has 1 aromatic rings. The molecule has 2 aliphatic rings. The monoisotopic (exact) mass is 359 g/mol. The Morgan fingerprint density at radius 3 is 2.27 bits per heavy atom. The molecule has 0 aromatic heterocycles. The van der Waals surface area contributed by atoms with E-state index in [2.05, 4.69) is 11.0 Å². The van der Waals surface area contributed by atoms with Gasteiger partial charge in [-0.1, -0.05) is 18.2 Å². The zero-order valence-electron chi connectivity index (χ0n) is 15.5. The van der Waals surface area contributed by atoms with Gasteiger partial charge in [0.2, 0.25) is 11.8 Å². The van der Waals surface area contributed by atoms with Crippen LogP contribution in [0.1, 0.15) is 31.2 Å². The summed E-state index contributed by atoms with van der Waals surface area (Å²) in [7, 11) is 1.70. The van der Waals surface area contributed by atoms with E-state index in [0.717, 1.165) is 38.2 Å². The Balaban J connectivity index is 1.48. The van der Waals surface area contributed by atoms with Crippen molar-refractivity contribution >= 4 is 11.8 Å². The number of carbonyl (C=O) groups excluding carboxylic acids is 2. The van der Waals surface area contributed by atoms with E-state index < -0.39 is 0 Å². The molecular formula is C20H29N3O3. The SMILES string of the molecule is COc1ccccc1CN1CCC(C(=O)N2CCC(C(N)=O)CC2)CC1. The highest BCUT2D eigenvalue weighted by Gasteiger charge is 2.32. The lowest BCUT2D eigenvalue weighted by Gasteiger charge is -2.36. The summed E-state index contributed by atoms with van der Waals surface area (Å²) in [5.74, 6) is 0.977. The van der Waals surface area contributed by atoms with Gasteiger partial charge in [0.1, 0.15) is 5.75 Å². The summed E-state index contributed by atoms with van der Waals surface area (Å²) in [5, 5.41) is 0. The zero-order chi connectivity index (χ0) is 18.5. The molecule has 26 heavy (non-hydrogen) atoms. The first-order valence-corrected chi connectivity index (χ1v) is 9.51. The molecule has 2 aliphatic heterocycles. The van der Waals surface area contributed by atoms with E-state index in [1.165, 1.54) is 5.56 Å². The highest BCUT2D eigenvalue weighted by molar-refractivity contribution is 5.80. The quantitative estimate of drug-likeness (QED) is 0.867. The zero-order valence-corrected chi connectivity index (χ0v) is 15.5. The van der Waals surface area contributed by atoms with E-state index in [9.17, 15) is 9.59 Å². The van der Waals surface area contributed by atoms with E-state index >= 15 is 0 Å². The molecule has 6 heteroatoms. The van der Waals surface area contributed by atoms with Crippen LogP contribution in [-0.2, 0) is 16.1 Å². The minimum Gasteiger partial charge on any atom is -0.496 e. The molecule has 0 unspecified atom stereocenters. The Morgan fingerprint density at radius 1 is 1.04 bits per heavy atom. The Bertz CT molecular complexity index is 633. The molecule has 0 saturated carbocycles. The number of methoxy groups -OCH3 is 1. The summed E-state index contributed by atoms with van der Waals surface area (Å²) in [6.07, 6.45) is 3.19. The number of carbonyl (C=O) groups is 2. The third-order valence-corrected chi connectivity index (χ3v) is 5.73. The van der Waals surface area contributed by atoms with Gasteiger partial charge in [-0.05, 0) is 44.8 Å². The van der Waals surface area contributed by atoms with Gasteiger partial charge in [-0.2, -0.15) is 0 Å². The van der Waals surface area contributed by atoms with Crippen molar-refractivity contribution in [1.29, 1.82) is 0 Å². The van der Waals surface area contributed by atoms with Crippen LogP contribution in [0.5, 0.6) is 5.75 Å². The van der Waals surface area contributed by atoms with E-state index in [-0.39, 0.29) is 23.7 Å². The fourth-order valence-electron chi connectivity index (χ4n) is 4.06. The van der Waals surface area contributed by atoms with Crippen molar-refractivity contribution in [3.63, 3.8) is 0 Å². The number of benzene rings is 1. The Kier molecular flexibility index (Phi) is 6.14. The molecule has 0 spiro atoms. The average molecular weight is 359 g/mol. The largest absolute Gasteiger partial charge is 0.496 e. The Morgan fingerprint density at radius 2 is 1.65 bits per heavy atom. The van der Waals surface area contributed by atoms with Gasteiger partial charge in [-0.25, -0.2) is 0 Å². The maximum absolute atomic E-state index is 12.8. The summed E-state index contributed by atoms with van der Waals surface area (Å²) in [4.78, 5) is 28.4. The van der Waals surface area contributed by atoms with Crippen molar-refractivity contribution in [2.75, 3.05) is 33.3 Å². The lowest BCUT2D eigenvalue weighted by molar-refractivity contribution is -0.140. The molecule has 0 aliphatic carbocycles. The number of piperidine rings is 2. The third-order valence-electron chi connectivity index (χ3n) is 5.73. The first-order chi connectivity index (χ1) is 12.6. The topological polar surface area (TPSA) is 75.9 Å². The predicted molar refractivity (Wildman–Crippen MR) is 99.5 cm³/mol. The lowest BCUT2D eigenvalue weighted by atomic mass is 9.91. The van der Waals surface area contributed by atoms with Crippen LogP contribution in [0.15, 0.2) is 24.3 Å². The fraction of sp³-hybridized carbons (Fsp3) is 0.600. The number of primary amides is 1. The minimum absolute atomic E-state index is 0.0678. The molecule has 0 atom stereocenters. The lowest BCUT2D eigenvalue weighted by Crippen LogP contribution is -2.46. The van der Waals surface area contributed by atoms with Crippen LogP contribution < -0.4 is 10.5 Å². The van der Waals surface area contributed by atoms with Crippen LogP contribution in [0.2, 0.25) is 0 Å². The van der Waals surface area contributed by atoms with Crippen LogP contribution in [0.25, 0.3) is 0 Å².